The summed E-state index contributed by atoms with van der Waals surface area (Å²) in [5.74, 6) is -0.949. The van der Waals surface area contributed by atoms with Crippen LogP contribution in [-0.4, -0.2) is 25.4 Å². The maximum absolute atomic E-state index is 11.2. The summed E-state index contributed by atoms with van der Waals surface area (Å²) >= 11 is -0.793. The van der Waals surface area contributed by atoms with E-state index in [0.717, 1.165) is 10.2 Å². The number of thiazole rings is 1. The van der Waals surface area contributed by atoms with Crippen LogP contribution in [0, 0.1) is 0 Å². The van der Waals surface area contributed by atoms with Crippen molar-refractivity contribution in [2.24, 2.45) is 0 Å². The lowest BCUT2D eigenvalue weighted by atomic mass is 10.3. The molecule has 1 atom stereocenters. The van der Waals surface area contributed by atoms with Gasteiger partial charge >= 0.3 is 0 Å². The van der Waals surface area contributed by atoms with Gasteiger partial charge in [-0.05, 0) is 12.1 Å². The number of benzene rings is 1. The lowest BCUT2D eigenvalue weighted by molar-refractivity contribution is -0.113. The predicted molar refractivity (Wildman–Crippen MR) is 63.9 cm³/mol. The highest BCUT2D eigenvalue weighted by Crippen LogP contribution is 2.25. The van der Waals surface area contributed by atoms with Crippen molar-refractivity contribution < 1.29 is 13.6 Å². The van der Waals surface area contributed by atoms with E-state index in [0.29, 0.717) is 5.13 Å². The summed E-state index contributed by atoms with van der Waals surface area (Å²) in [7, 11) is 0. The first-order valence-corrected chi connectivity index (χ1v) is 6.47. The number of anilines is 1. The van der Waals surface area contributed by atoms with E-state index < -0.39 is 22.7 Å². The standard InChI is InChI=1S/C9H8N2O3S2/c12-8(5-16(13)14)11-9-10-6-3-1-2-4-7(6)15-9/h1-4H,5H2,(H,13,14)(H,10,11,12). The van der Waals surface area contributed by atoms with Crippen LogP contribution in [0.15, 0.2) is 24.3 Å². The fourth-order valence-corrected chi connectivity index (χ4v) is 2.37. The van der Waals surface area contributed by atoms with E-state index in [9.17, 15) is 9.00 Å². The lowest BCUT2D eigenvalue weighted by Gasteiger charge is -1.96. The molecule has 0 aliphatic carbocycles. The molecule has 0 aliphatic rings. The van der Waals surface area contributed by atoms with Crippen LogP contribution in [0.25, 0.3) is 10.2 Å². The minimum atomic E-state index is -2.12. The Labute approximate surface area is 97.8 Å². The first-order valence-electron chi connectivity index (χ1n) is 4.38. The third-order valence-electron chi connectivity index (χ3n) is 1.79. The Hall–Kier alpha value is -1.31. The number of aromatic nitrogens is 1. The molecule has 0 bridgehead atoms. The van der Waals surface area contributed by atoms with Crippen LogP contribution in [0.4, 0.5) is 5.13 Å². The van der Waals surface area contributed by atoms with Crippen LogP contribution in [-0.2, 0) is 15.9 Å². The number of carbonyl (C=O) groups excluding carboxylic acids is 1. The van der Waals surface area contributed by atoms with Gasteiger partial charge in [0.05, 0.1) is 10.2 Å². The molecule has 0 fully saturated rings. The van der Waals surface area contributed by atoms with Gasteiger partial charge < -0.3 is 9.87 Å². The van der Waals surface area contributed by atoms with Crippen LogP contribution < -0.4 is 5.32 Å². The number of amides is 1. The second kappa shape index (κ2) is 4.69. The number of rotatable bonds is 3. The van der Waals surface area contributed by atoms with Crippen molar-refractivity contribution in [1.29, 1.82) is 0 Å². The Kier molecular flexibility index (Phi) is 3.28. The van der Waals surface area contributed by atoms with Crippen molar-refractivity contribution >= 4 is 43.7 Å². The maximum Gasteiger partial charge on any atom is 0.241 e. The molecule has 0 spiro atoms. The first-order chi connectivity index (χ1) is 7.65. The van der Waals surface area contributed by atoms with Crippen LogP contribution in [0.3, 0.4) is 0 Å². The van der Waals surface area contributed by atoms with Gasteiger partial charge in [0, 0.05) is 0 Å². The molecular formula is C9H8N2O3S2. The van der Waals surface area contributed by atoms with Gasteiger partial charge in [0.25, 0.3) is 0 Å². The van der Waals surface area contributed by atoms with E-state index in [1.807, 2.05) is 24.3 Å². The Balaban J connectivity index is 2.15. The molecule has 7 heteroatoms. The zero-order valence-electron chi connectivity index (χ0n) is 8.04. The molecule has 0 radical (unpaired) electrons. The number of carbonyl (C=O) groups is 1. The largest absolute Gasteiger partial charge is 0.306 e. The predicted octanol–water partition coefficient (Wildman–Crippen LogP) is 1.46. The van der Waals surface area contributed by atoms with Crippen LogP contribution in [0.5, 0.6) is 0 Å². The number of para-hydroxylation sites is 1. The molecule has 1 amide bonds. The highest BCUT2D eigenvalue weighted by atomic mass is 32.2. The average molecular weight is 256 g/mol. The van der Waals surface area contributed by atoms with Crippen molar-refractivity contribution in [3.05, 3.63) is 24.3 Å². The van der Waals surface area contributed by atoms with E-state index >= 15 is 0 Å². The van der Waals surface area contributed by atoms with Gasteiger partial charge in [-0.3, -0.25) is 4.79 Å². The Morgan fingerprint density at radius 3 is 2.94 bits per heavy atom. The minimum absolute atomic E-state index is 0.435. The van der Waals surface area contributed by atoms with Gasteiger partial charge in [0.1, 0.15) is 5.75 Å². The molecular weight excluding hydrogens is 248 g/mol. The van der Waals surface area contributed by atoms with E-state index in [-0.39, 0.29) is 0 Å². The average Bonchev–Trinajstić information content (AvgIpc) is 2.57. The fourth-order valence-electron chi connectivity index (χ4n) is 1.19. The van der Waals surface area contributed by atoms with Gasteiger partial charge in [-0.2, -0.15) is 0 Å². The normalized spacial score (nSPS) is 12.6. The topological polar surface area (TPSA) is 79.3 Å². The number of hydrogen-bond donors (Lipinski definition) is 2. The number of hydrogen-bond acceptors (Lipinski definition) is 4. The summed E-state index contributed by atoms with van der Waals surface area (Å²) in [6.07, 6.45) is 0. The molecule has 16 heavy (non-hydrogen) atoms. The Bertz CT molecular complexity index is 519. The van der Waals surface area contributed by atoms with Crippen molar-refractivity contribution in [2.75, 3.05) is 11.1 Å². The van der Waals surface area contributed by atoms with Crippen LogP contribution in [0.2, 0.25) is 0 Å². The molecule has 0 saturated heterocycles. The summed E-state index contributed by atoms with van der Waals surface area (Å²) in [4.78, 5) is 15.4. The van der Waals surface area contributed by atoms with E-state index in [1.54, 1.807) is 0 Å². The van der Waals surface area contributed by atoms with Gasteiger partial charge in [-0.25, -0.2) is 9.19 Å². The number of nitrogens with zero attached hydrogens (tertiary/aromatic N) is 1. The summed E-state index contributed by atoms with van der Waals surface area (Å²) < 4.78 is 19.9. The maximum atomic E-state index is 11.2. The monoisotopic (exact) mass is 256 g/mol. The smallest absolute Gasteiger partial charge is 0.241 e. The molecule has 1 heterocycles. The van der Waals surface area contributed by atoms with Crippen LogP contribution in [0.1, 0.15) is 0 Å². The molecule has 1 aromatic heterocycles. The zero-order valence-corrected chi connectivity index (χ0v) is 9.68. The SMILES string of the molecule is O=C(CS(=O)O)Nc1nc2ccccc2s1. The van der Waals surface area contributed by atoms with Gasteiger partial charge in [0.15, 0.2) is 16.2 Å². The quantitative estimate of drug-likeness (QED) is 0.815. The lowest BCUT2D eigenvalue weighted by Crippen LogP contribution is -2.18. The first kappa shape index (κ1) is 11.2. The van der Waals surface area contributed by atoms with Crippen LogP contribution >= 0.6 is 11.3 Å². The molecule has 2 N–H and O–H groups in total. The third kappa shape index (κ3) is 2.63. The minimum Gasteiger partial charge on any atom is -0.306 e. The third-order valence-corrected chi connectivity index (χ3v) is 3.26. The molecule has 0 saturated carbocycles. The van der Waals surface area contributed by atoms with E-state index in [2.05, 4.69) is 10.3 Å². The molecule has 0 aliphatic heterocycles. The highest BCUT2D eigenvalue weighted by molar-refractivity contribution is 7.80. The van der Waals surface area contributed by atoms with Crippen molar-refractivity contribution in [1.82, 2.24) is 4.98 Å². The summed E-state index contributed by atoms with van der Waals surface area (Å²) in [5.41, 5.74) is 0.799. The molecule has 2 rings (SSSR count). The molecule has 2 aromatic rings. The second-order valence-electron chi connectivity index (χ2n) is 3.00. The molecule has 1 aromatic carbocycles. The summed E-state index contributed by atoms with van der Waals surface area (Å²) in [5, 5.41) is 2.92. The molecule has 84 valence electrons. The number of nitrogens with one attached hydrogen (secondary N) is 1. The second-order valence-corrected chi connectivity index (χ2v) is 4.96. The van der Waals surface area contributed by atoms with Crippen molar-refractivity contribution in [2.45, 2.75) is 0 Å². The fraction of sp³-hybridized carbons (Fsp3) is 0.111. The van der Waals surface area contributed by atoms with Gasteiger partial charge in [-0.1, -0.05) is 23.5 Å². The van der Waals surface area contributed by atoms with Crippen molar-refractivity contribution in [3.63, 3.8) is 0 Å². The zero-order chi connectivity index (χ0) is 11.5. The Morgan fingerprint density at radius 1 is 1.50 bits per heavy atom. The van der Waals surface area contributed by atoms with E-state index in [1.165, 1.54) is 11.3 Å². The summed E-state index contributed by atoms with van der Waals surface area (Å²) in [6.45, 7) is 0. The Morgan fingerprint density at radius 2 is 2.25 bits per heavy atom. The van der Waals surface area contributed by atoms with E-state index in [4.69, 9.17) is 4.55 Å². The van der Waals surface area contributed by atoms with Gasteiger partial charge in [-0.15, -0.1) is 0 Å². The summed E-state index contributed by atoms with van der Waals surface area (Å²) in [6, 6.07) is 7.48. The van der Waals surface area contributed by atoms with Crippen molar-refractivity contribution in [3.8, 4) is 0 Å². The van der Waals surface area contributed by atoms with Gasteiger partial charge in [0.2, 0.25) is 5.91 Å². The molecule has 1 unspecified atom stereocenters. The highest BCUT2D eigenvalue weighted by Gasteiger charge is 2.09. The molecule has 5 nitrogen and oxygen atoms in total. The number of fused-ring (bicyclic) bond motifs is 1.